The molecule has 0 spiro atoms. The molecule has 0 aromatic carbocycles. The van der Waals surface area contributed by atoms with E-state index in [9.17, 15) is 19.8 Å². The number of aliphatic hydroxyl groups is 1. The molecule has 1 aromatic heterocycles. The van der Waals surface area contributed by atoms with Crippen molar-refractivity contribution >= 4 is 22.8 Å². The highest BCUT2D eigenvalue weighted by atomic mass is 32.2. The Morgan fingerprint density at radius 2 is 2.53 bits per heavy atom. The van der Waals surface area contributed by atoms with Gasteiger partial charge in [-0.05, 0) is 12.8 Å². The van der Waals surface area contributed by atoms with Crippen molar-refractivity contribution in [1.29, 1.82) is 0 Å². The predicted octanol–water partition coefficient (Wildman–Crippen LogP) is 0.997. The predicted molar refractivity (Wildman–Crippen MR) is 69.8 cm³/mol. The Bertz CT molecular complexity index is 496. The van der Waals surface area contributed by atoms with Crippen LogP contribution in [0.25, 0.3) is 0 Å². The van der Waals surface area contributed by atoms with Crippen LogP contribution in [0.15, 0.2) is 12.5 Å². The Balaban J connectivity index is 2.32. The average molecular weight is 285 g/mol. The third-order valence-corrected chi connectivity index (χ3v) is 4.47. The summed E-state index contributed by atoms with van der Waals surface area (Å²) in [5, 5.41) is 17.8. The van der Waals surface area contributed by atoms with Crippen molar-refractivity contribution in [2.24, 2.45) is 5.92 Å². The number of thioether (sulfide) groups is 1. The van der Waals surface area contributed by atoms with Gasteiger partial charge in [0.2, 0.25) is 5.12 Å². The molecule has 0 bridgehead atoms. The lowest BCUT2D eigenvalue weighted by atomic mass is 9.83. The molecule has 5 atom stereocenters. The van der Waals surface area contributed by atoms with Crippen LogP contribution in [-0.4, -0.2) is 42.6 Å². The molecule has 1 aromatic rings. The second-order valence-electron chi connectivity index (χ2n) is 4.41. The van der Waals surface area contributed by atoms with E-state index in [-0.39, 0.29) is 0 Å². The molecule has 2 heterocycles. The number of nitrogens with zero attached hydrogens (tertiary/aromatic N) is 1. The third kappa shape index (κ3) is 2.82. The van der Waals surface area contributed by atoms with E-state index in [1.165, 1.54) is 6.33 Å². The van der Waals surface area contributed by atoms with E-state index in [1.54, 1.807) is 6.20 Å². The minimum absolute atomic E-state index is 0.401. The minimum atomic E-state index is -1.41. The first kappa shape index (κ1) is 12.7. The van der Waals surface area contributed by atoms with E-state index in [0.717, 1.165) is 11.8 Å². The molecule has 3 N–H and O–H groups in total. The number of carbonyl (C=O) groups is 2. The van der Waals surface area contributed by atoms with Crippen LogP contribution < -0.4 is 0 Å². The number of hydrogen-bond donors (Lipinski definition) is 3. The summed E-state index contributed by atoms with van der Waals surface area (Å²) in [5.41, 5.74) is 0.599. The van der Waals surface area contributed by atoms with Crippen molar-refractivity contribution in [2.75, 3.05) is 0 Å². The van der Waals surface area contributed by atoms with Gasteiger partial charge in [0, 0.05) is 18.7 Å². The number of aromatic amines is 1. The number of carboxylic acids is 1. The number of carbonyl (C=O) groups excluding carboxylic acids is 1. The molecular formula is C12H16N2O4S. The van der Waals surface area contributed by atoms with E-state index in [2.05, 4.69) is 9.97 Å². The van der Waals surface area contributed by atoms with Crippen molar-refractivity contribution < 1.29 is 21.2 Å². The smallest absolute Gasteiger partial charge is 0.308 e. The van der Waals surface area contributed by atoms with Crippen LogP contribution in [0, 0.1) is 5.92 Å². The molecule has 5 unspecified atom stereocenters. The first-order valence-corrected chi connectivity index (χ1v) is 6.87. The molecule has 0 aliphatic carbocycles. The number of aliphatic carboxylic acids is 1. The van der Waals surface area contributed by atoms with Gasteiger partial charge in [0.1, 0.15) is 6.10 Å². The van der Waals surface area contributed by atoms with Crippen molar-refractivity contribution in [3.63, 3.8) is 0 Å². The fourth-order valence-corrected chi connectivity index (χ4v) is 3.52. The number of rotatable bonds is 5. The largest absolute Gasteiger partial charge is 0.481 e. The number of H-pyrrole nitrogens is 1. The highest BCUT2D eigenvalue weighted by Crippen LogP contribution is 2.41. The van der Waals surface area contributed by atoms with Gasteiger partial charge in [-0.25, -0.2) is 4.98 Å². The Labute approximate surface area is 116 Å². The number of aliphatic hydroxyl groups excluding tert-OH is 1. The van der Waals surface area contributed by atoms with E-state index in [0.29, 0.717) is 12.1 Å². The Morgan fingerprint density at radius 3 is 2.95 bits per heavy atom. The van der Waals surface area contributed by atoms with Gasteiger partial charge >= 0.3 is 5.97 Å². The topological polar surface area (TPSA) is 103 Å². The summed E-state index contributed by atoms with van der Waals surface area (Å²) in [6.45, 7) is 1.84. The van der Waals surface area contributed by atoms with Gasteiger partial charge in [-0.3, -0.25) is 9.59 Å². The van der Waals surface area contributed by atoms with Gasteiger partial charge in [0.25, 0.3) is 0 Å². The second kappa shape index (κ2) is 5.75. The van der Waals surface area contributed by atoms with Crippen LogP contribution in [0.5, 0.6) is 0 Å². The monoisotopic (exact) mass is 285 g/mol. The van der Waals surface area contributed by atoms with Gasteiger partial charge in [-0.15, -0.1) is 0 Å². The third-order valence-electron chi connectivity index (χ3n) is 3.28. The molecule has 1 saturated heterocycles. The van der Waals surface area contributed by atoms with Gasteiger partial charge in [0.05, 0.1) is 17.9 Å². The molecule has 0 saturated carbocycles. The van der Waals surface area contributed by atoms with Crippen LogP contribution in [0.3, 0.4) is 0 Å². The summed E-state index contributed by atoms with van der Waals surface area (Å²) in [5.74, 6) is -2.41. The summed E-state index contributed by atoms with van der Waals surface area (Å²) in [6, 6.07) is 0. The Kier molecular flexibility index (Phi) is 3.84. The Morgan fingerprint density at radius 1 is 1.79 bits per heavy atom. The maximum Gasteiger partial charge on any atom is 0.308 e. The van der Waals surface area contributed by atoms with Crippen LogP contribution in [0.4, 0.5) is 0 Å². The maximum atomic E-state index is 11.6. The van der Waals surface area contributed by atoms with E-state index in [4.69, 9.17) is 1.37 Å². The van der Waals surface area contributed by atoms with Crippen molar-refractivity contribution in [1.82, 2.24) is 9.97 Å². The van der Waals surface area contributed by atoms with Gasteiger partial charge in [0.15, 0.2) is 0 Å². The Hall–Kier alpha value is -1.34. The van der Waals surface area contributed by atoms with Gasteiger partial charge < -0.3 is 15.2 Å². The zero-order chi connectivity index (χ0) is 14.9. The first-order valence-electron chi connectivity index (χ1n) is 6.57. The fraction of sp³-hybridized carbons (Fsp3) is 0.583. The number of hydrogen-bond acceptors (Lipinski definition) is 5. The molecule has 7 heteroatoms. The average Bonchev–Trinajstić information content (AvgIpc) is 3.00. The number of imidazole rings is 1. The van der Waals surface area contributed by atoms with Crippen LogP contribution in [0.1, 0.15) is 32.7 Å². The fourth-order valence-electron chi connectivity index (χ4n) is 2.36. The second-order valence-corrected chi connectivity index (χ2v) is 5.59. The molecule has 0 amide bonds. The molecule has 6 nitrogen and oxygen atoms in total. The standard InChI is InChI=1S/C12H16N2O4S/c1-2-6(7-4-13-5-14-7)10(11(16)17)9-3-8(15)12(18)19-9/h4-6,8-10,15H,2-3H2,1H3,(H,13,14)(H,16,17)/i3D. The molecule has 0 radical (unpaired) electrons. The van der Waals surface area contributed by atoms with Gasteiger partial charge in [-0.1, -0.05) is 18.7 Å². The highest BCUT2D eigenvalue weighted by Gasteiger charge is 2.44. The van der Waals surface area contributed by atoms with Crippen molar-refractivity contribution in [3.05, 3.63) is 18.2 Å². The zero-order valence-corrected chi connectivity index (χ0v) is 11.1. The molecule has 2 rings (SSSR count). The maximum absolute atomic E-state index is 11.6. The summed E-state index contributed by atoms with van der Waals surface area (Å²) in [7, 11) is 0. The van der Waals surface area contributed by atoms with Crippen LogP contribution in [-0.2, 0) is 9.59 Å². The van der Waals surface area contributed by atoms with E-state index >= 15 is 0 Å². The lowest BCUT2D eigenvalue weighted by Crippen LogP contribution is -2.31. The zero-order valence-electron chi connectivity index (χ0n) is 11.3. The SMILES string of the molecule is [2H]C1C(O)C(=O)SC1C(C(=O)O)C(CC)c1c[nH]cn1. The van der Waals surface area contributed by atoms with E-state index < -0.39 is 40.7 Å². The van der Waals surface area contributed by atoms with Gasteiger partial charge in [-0.2, -0.15) is 0 Å². The van der Waals surface area contributed by atoms with Crippen LogP contribution in [0.2, 0.25) is 0 Å². The summed E-state index contributed by atoms with van der Waals surface area (Å²) in [4.78, 5) is 30.0. The summed E-state index contributed by atoms with van der Waals surface area (Å²) < 4.78 is 7.86. The number of nitrogens with one attached hydrogen (secondary N) is 1. The minimum Gasteiger partial charge on any atom is -0.481 e. The summed E-state index contributed by atoms with van der Waals surface area (Å²) in [6.07, 6.45) is 1.08. The van der Waals surface area contributed by atoms with Crippen LogP contribution >= 0.6 is 11.8 Å². The molecule has 19 heavy (non-hydrogen) atoms. The molecule has 1 fully saturated rings. The normalized spacial score (nSPS) is 30.9. The summed E-state index contributed by atoms with van der Waals surface area (Å²) >= 11 is 0.764. The molecule has 1 aliphatic rings. The number of aromatic nitrogens is 2. The molecular weight excluding hydrogens is 268 g/mol. The van der Waals surface area contributed by atoms with E-state index in [1.807, 2.05) is 6.92 Å². The number of carboxylic acid groups (broad SMARTS) is 1. The molecule has 1 aliphatic heterocycles. The highest BCUT2D eigenvalue weighted by molar-refractivity contribution is 8.14. The first-order chi connectivity index (χ1) is 9.47. The lowest BCUT2D eigenvalue weighted by Gasteiger charge is -2.25. The van der Waals surface area contributed by atoms with Crippen molar-refractivity contribution in [2.45, 2.75) is 37.0 Å². The lowest BCUT2D eigenvalue weighted by molar-refractivity contribution is -0.142. The molecule has 104 valence electrons. The quantitative estimate of drug-likeness (QED) is 0.745. The van der Waals surface area contributed by atoms with Crippen molar-refractivity contribution in [3.8, 4) is 0 Å².